The highest BCUT2D eigenvalue weighted by atomic mass is 35.5. The molecule has 1 amide bonds. The third-order valence-corrected chi connectivity index (χ3v) is 5.02. The lowest BCUT2D eigenvalue weighted by Gasteiger charge is -2.34. The number of rotatable bonds is 4. The zero-order chi connectivity index (χ0) is 18.0. The summed E-state index contributed by atoms with van der Waals surface area (Å²) < 4.78 is 15.4. The Morgan fingerprint density at radius 2 is 1.92 bits per heavy atom. The van der Waals surface area contributed by atoms with Crippen LogP contribution in [0.5, 0.6) is 0 Å². The largest absolute Gasteiger partial charge is 0.335 e. The fourth-order valence-corrected chi connectivity index (χ4v) is 3.34. The Kier molecular flexibility index (Phi) is 5.39. The number of amides is 1. The number of benzene rings is 1. The standard InChI is InChI=1S/C18H22ClFN4O/c1-3-24-17(16(19)13(2)21-24)18(25)23-10-8-22(9-11-23)12-14-6-4-5-7-15(14)20/h4-7H,3,8-12H2,1-2H3. The summed E-state index contributed by atoms with van der Waals surface area (Å²) in [7, 11) is 0. The highest BCUT2D eigenvalue weighted by molar-refractivity contribution is 6.34. The summed E-state index contributed by atoms with van der Waals surface area (Å²) in [5, 5.41) is 4.74. The van der Waals surface area contributed by atoms with Gasteiger partial charge in [-0.05, 0) is 19.9 Å². The average molecular weight is 365 g/mol. The second kappa shape index (κ2) is 7.54. The van der Waals surface area contributed by atoms with Crippen LogP contribution in [-0.2, 0) is 13.1 Å². The molecule has 1 saturated heterocycles. The van der Waals surface area contributed by atoms with Gasteiger partial charge in [-0.25, -0.2) is 4.39 Å². The van der Waals surface area contributed by atoms with Crippen LogP contribution in [0.2, 0.25) is 5.02 Å². The van der Waals surface area contributed by atoms with Crippen LogP contribution >= 0.6 is 11.6 Å². The van der Waals surface area contributed by atoms with E-state index in [2.05, 4.69) is 10.00 Å². The lowest BCUT2D eigenvalue weighted by Crippen LogP contribution is -2.48. The summed E-state index contributed by atoms with van der Waals surface area (Å²) in [6.07, 6.45) is 0. The summed E-state index contributed by atoms with van der Waals surface area (Å²) in [6.45, 7) is 7.50. The van der Waals surface area contributed by atoms with Crippen molar-refractivity contribution in [2.24, 2.45) is 0 Å². The number of nitrogens with zero attached hydrogens (tertiary/aromatic N) is 4. The van der Waals surface area contributed by atoms with Gasteiger partial charge in [0.05, 0.1) is 10.7 Å². The first kappa shape index (κ1) is 17.9. The minimum atomic E-state index is -0.185. The number of aryl methyl sites for hydroxylation is 2. The molecule has 2 aromatic rings. The molecule has 0 N–H and O–H groups in total. The number of halogens is 2. The van der Waals surface area contributed by atoms with Crippen molar-refractivity contribution in [3.63, 3.8) is 0 Å². The molecule has 1 fully saturated rings. The molecule has 0 saturated carbocycles. The lowest BCUT2D eigenvalue weighted by atomic mass is 10.2. The highest BCUT2D eigenvalue weighted by Crippen LogP contribution is 2.22. The maximum Gasteiger partial charge on any atom is 0.273 e. The zero-order valence-corrected chi connectivity index (χ0v) is 15.3. The van der Waals surface area contributed by atoms with E-state index in [1.165, 1.54) is 6.07 Å². The van der Waals surface area contributed by atoms with E-state index in [-0.39, 0.29) is 11.7 Å². The van der Waals surface area contributed by atoms with Crippen molar-refractivity contribution in [3.8, 4) is 0 Å². The van der Waals surface area contributed by atoms with Crippen molar-refractivity contribution >= 4 is 17.5 Å². The molecule has 1 aliphatic heterocycles. The van der Waals surface area contributed by atoms with Gasteiger partial charge in [0, 0.05) is 44.8 Å². The molecule has 134 valence electrons. The van der Waals surface area contributed by atoms with E-state index in [0.29, 0.717) is 61.2 Å². The fraction of sp³-hybridized carbons (Fsp3) is 0.444. The van der Waals surface area contributed by atoms with Gasteiger partial charge in [0.25, 0.3) is 5.91 Å². The van der Waals surface area contributed by atoms with Crippen LogP contribution in [0, 0.1) is 12.7 Å². The van der Waals surface area contributed by atoms with E-state index in [4.69, 9.17) is 11.6 Å². The van der Waals surface area contributed by atoms with Crippen molar-refractivity contribution in [1.29, 1.82) is 0 Å². The second-order valence-corrected chi connectivity index (χ2v) is 6.60. The van der Waals surface area contributed by atoms with Crippen molar-refractivity contribution in [3.05, 3.63) is 52.1 Å². The van der Waals surface area contributed by atoms with Crippen LogP contribution in [0.3, 0.4) is 0 Å². The molecular weight excluding hydrogens is 343 g/mol. The van der Waals surface area contributed by atoms with Gasteiger partial charge >= 0.3 is 0 Å². The summed E-state index contributed by atoms with van der Waals surface area (Å²) in [5.74, 6) is -0.270. The molecule has 0 aliphatic carbocycles. The van der Waals surface area contributed by atoms with Gasteiger partial charge in [-0.2, -0.15) is 5.10 Å². The Labute approximate surface area is 152 Å². The number of carbonyl (C=O) groups is 1. The maximum atomic E-state index is 13.8. The first-order valence-corrected chi connectivity index (χ1v) is 8.87. The van der Waals surface area contributed by atoms with Gasteiger partial charge in [-0.3, -0.25) is 14.4 Å². The second-order valence-electron chi connectivity index (χ2n) is 6.22. The first-order chi connectivity index (χ1) is 12.0. The number of hydrogen-bond acceptors (Lipinski definition) is 3. The maximum absolute atomic E-state index is 13.8. The molecule has 1 aliphatic rings. The quantitative estimate of drug-likeness (QED) is 0.837. The van der Waals surface area contributed by atoms with Crippen molar-refractivity contribution in [2.75, 3.05) is 26.2 Å². The number of aromatic nitrogens is 2. The molecule has 7 heteroatoms. The van der Waals surface area contributed by atoms with E-state index in [1.54, 1.807) is 28.6 Å². The van der Waals surface area contributed by atoms with Gasteiger partial charge in [-0.15, -0.1) is 0 Å². The molecule has 0 bridgehead atoms. The molecule has 0 spiro atoms. The SMILES string of the molecule is CCn1nc(C)c(Cl)c1C(=O)N1CCN(Cc2ccccc2F)CC1. The van der Waals surface area contributed by atoms with E-state index in [1.807, 2.05) is 13.0 Å². The molecule has 5 nitrogen and oxygen atoms in total. The monoisotopic (exact) mass is 364 g/mol. The predicted molar refractivity (Wildman–Crippen MR) is 95.2 cm³/mol. The van der Waals surface area contributed by atoms with Crippen LogP contribution in [0.4, 0.5) is 4.39 Å². The number of hydrogen-bond donors (Lipinski definition) is 0. The molecule has 0 atom stereocenters. The van der Waals surface area contributed by atoms with Crippen LogP contribution in [0.1, 0.15) is 28.7 Å². The van der Waals surface area contributed by atoms with Crippen molar-refractivity contribution in [2.45, 2.75) is 26.9 Å². The molecule has 1 aromatic heterocycles. The zero-order valence-electron chi connectivity index (χ0n) is 14.5. The predicted octanol–water partition coefficient (Wildman–Crippen LogP) is 2.96. The Balaban J connectivity index is 1.64. The summed E-state index contributed by atoms with van der Waals surface area (Å²) in [6, 6.07) is 6.81. The molecule has 2 heterocycles. The van der Waals surface area contributed by atoms with E-state index in [0.717, 1.165) is 0 Å². The smallest absolute Gasteiger partial charge is 0.273 e. The van der Waals surface area contributed by atoms with Crippen molar-refractivity contribution in [1.82, 2.24) is 19.6 Å². The Hall–Kier alpha value is -1.92. The normalized spacial score (nSPS) is 15.6. The fourth-order valence-electron chi connectivity index (χ4n) is 3.12. The van der Waals surface area contributed by atoms with Crippen LogP contribution in [-0.4, -0.2) is 51.7 Å². The van der Waals surface area contributed by atoms with E-state index in [9.17, 15) is 9.18 Å². The van der Waals surface area contributed by atoms with Crippen LogP contribution in [0.15, 0.2) is 24.3 Å². The Morgan fingerprint density at radius 1 is 1.24 bits per heavy atom. The van der Waals surface area contributed by atoms with Gasteiger partial charge in [-0.1, -0.05) is 29.8 Å². The van der Waals surface area contributed by atoms with Crippen molar-refractivity contribution < 1.29 is 9.18 Å². The van der Waals surface area contributed by atoms with Gasteiger partial charge in [0.1, 0.15) is 11.5 Å². The van der Waals surface area contributed by atoms with E-state index < -0.39 is 0 Å². The van der Waals surface area contributed by atoms with Gasteiger partial charge in [0.2, 0.25) is 0 Å². The van der Waals surface area contributed by atoms with Crippen LogP contribution in [0.25, 0.3) is 0 Å². The third kappa shape index (κ3) is 3.70. The topological polar surface area (TPSA) is 41.4 Å². The number of piperazine rings is 1. The third-order valence-electron chi connectivity index (χ3n) is 4.57. The molecule has 0 radical (unpaired) electrons. The Bertz CT molecular complexity index is 768. The minimum Gasteiger partial charge on any atom is -0.335 e. The van der Waals surface area contributed by atoms with Gasteiger partial charge in [0.15, 0.2) is 0 Å². The first-order valence-electron chi connectivity index (χ1n) is 8.49. The highest BCUT2D eigenvalue weighted by Gasteiger charge is 2.27. The van der Waals surface area contributed by atoms with E-state index >= 15 is 0 Å². The molecule has 1 aromatic carbocycles. The average Bonchev–Trinajstić information content (AvgIpc) is 2.91. The lowest BCUT2D eigenvalue weighted by molar-refractivity contribution is 0.0615. The summed E-state index contributed by atoms with van der Waals surface area (Å²) in [4.78, 5) is 16.8. The summed E-state index contributed by atoms with van der Waals surface area (Å²) >= 11 is 6.28. The van der Waals surface area contributed by atoms with Crippen LogP contribution < -0.4 is 0 Å². The Morgan fingerprint density at radius 3 is 2.56 bits per heavy atom. The summed E-state index contributed by atoms with van der Waals surface area (Å²) in [5.41, 5.74) is 1.82. The molecule has 25 heavy (non-hydrogen) atoms. The molecule has 3 rings (SSSR count). The van der Waals surface area contributed by atoms with Gasteiger partial charge < -0.3 is 4.90 Å². The molecule has 0 unspecified atom stereocenters. The molecular formula is C18H22ClFN4O. The minimum absolute atomic E-state index is 0.0852. The number of carbonyl (C=O) groups excluding carboxylic acids is 1.